The monoisotopic (exact) mass is 227 g/mol. The van der Waals surface area contributed by atoms with E-state index in [1.165, 1.54) is 12.8 Å². The van der Waals surface area contributed by atoms with Crippen molar-refractivity contribution in [3.8, 4) is 0 Å². The van der Waals surface area contributed by atoms with E-state index in [1.807, 2.05) is 0 Å². The Bertz CT molecular complexity index is 252. The van der Waals surface area contributed by atoms with Crippen molar-refractivity contribution >= 4 is 11.8 Å². The van der Waals surface area contributed by atoms with Gasteiger partial charge in [0.25, 0.3) is 0 Å². The molecule has 0 spiro atoms. The van der Waals surface area contributed by atoms with E-state index in [-0.39, 0.29) is 18.4 Å². The second kappa shape index (κ2) is 6.48. The molecule has 0 saturated heterocycles. The first-order chi connectivity index (χ1) is 7.63. The molecule has 5 heteroatoms. The highest BCUT2D eigenvalue weighted by atomic mass is 16.2. The number of rotatable bonds is 7. The largest absolute Gasteiger partial charge is 0.353 e. The third-order valence-corrected chi connectivity index (χ3v) is 2.72. The molecular formula is C11H21N3O2. The van der Waals surface area contributed by atoms with E-state index in [2.05, 4.69) is 22.6 Å². The van der Waals surface area contributed by atoms with Crippen molar-refractivity contribution in [1.82, 2.24) is 15.5 Å². The zero-order valence-corrected chi connectivity index (χ0v) is 10.1. The summed E-state index contributed by atoms with van der Waals surface area (Å²) in [6.07, 6.45) is 2.96. The lowest BCUT2D eigenvalue weighted by Crippen LogP contribution is -2.40. The van der Waals surface area contributed by atoms with E-state index in [0.717, 1.165) is 12.6 Å². The molecule has 0 radical (unpaired) electrons. The maximum absolute atomic E-state index is 11.3. The number of nitrogens with one attached hydrogen (secondary N) is 2. The molecule has 1 fully saturated rings. The minimum absolute atomic E-state index is 0.0832. The average Bonchev–Trinajstić information content (AvgIpc) is 3.09. The summed E-state index contributed by atoms with van der Waals surface area (Å²) in [6.45, 7) is 3.36. The second-order valence-electron chi connectivity index (χ2n) is 4.19. The van der Waals surface area contributed by atoms with Crippen LogP contribution in [-0.4, -0.2) is 49.4 Å². The van der Waals surface area contributed by atoms with Gasteiger partial charge in [-0.2, -0.15) is 0 Å². The number of carbonyl (C=O) groups is 2. The minimum Gasteiger partial charge on any atom is -0.353 e. The Hall–Kier alpha value is -1.10. The van der Waals surface area contributed by atoms with Crippen molar-refractivity contribution in [3.05, 3.63) is 0 Å². The highest BCUT2D eigenvalue weighted by molar-refractivity contribution is 5.84. The maximum Gasteiger partial charge on any atom is 0.239 e. The number of carbonyl (C=O) groups excluding carboxylic acids is 2. The molecule has 0 bridgehead atoms. The maximum atomic E-state index is 11.3. The quantitative estimate of drug-likeness (QED) is 0.629. The van der Waals surface area contributed by atoms with Crippen molar-refractivity contribution in [3.63, 3.8) is 0 Å². The fourth-order valence-electron chi connectivity index (χ4n) is 1.44. The smallest absolute Gasteiger partial charge is 0.239 e. The summed E-state index contributed by atoms with van der Waals surface area (Å²) in [5, 5.41) is 5.32. The van der Waals surface area contributed by atoms with E-state index in [9.17, 15) is 9.59 Å². The van der Waals surface area contributed by atoms with Gasteiger partial charge in [-0.05, 0) is 19.9 Å². The molecule has 0 aromatic heterocycles. The Kier molecular flexibility index (Phi) is 5.25. The van der Waals surface area contributed by atoms with Crippen molar-refractivity contribution in [2.24, 2.45) is 0 Å². The van der Waals surface area contributed by atoms with Crippen LogP contribution in [0.1, 0.15) is 26.2 Å². The molecule has 16 heavy (non-hydrogen) atoms. The standard InChI is InChI=1S/C11H21N3O2/c1-3-10(15)13-8-11(16)12-6-7-14(2)9-4-5-9/h9H,3-8H2,1-2H3,(H,12,16)(H,13,15). The second-order valence-corrected chi connectivity index (χ2v) is 4.19. The third kappa shape index (κ3) is 5.11. The Morgan fingerprint density at radius 1 is 1.25 bits per heavy atom. The number of hydrogen-bond donors (Lipinski definition) is 2. The highest BCUT2D eigenvalue weighted by Crippen LogP contribution is 2.24. The van der Waals surface area contributed by atoms with Crippen molar-refractivity contribution in [2.75, 3.05) is 26.7 Å². The first-order valence-corrected chi connectivity index (χ1v) is 5.87. The summed E-state index contributed by atoms with van der Waals surface area (Å²) in [7, 11) is 2.07. The summed E-state index contributed by atoms with van der Waals surface area (Å²) in [5.74, 6) is -0.212. The SMILES string of the molecule is CCC(=O)NCC(=O)NCCN(C)C1CC1. The van der Waals surface area contributed by atoms with Gasteiger partial charge in [0.2, 0.25) is 11.8 Å². The van der Waals surface area contributed by atoms with E-state index in [1.54, 1.807) is 6.92 Å². The van der Waals surface area contributed by atoms with Crippen LogP contribution in [0.3, 0.4) is 0 Å². The molecule has 2 amide bonds. The van der Waals surface area contributed by atoms with Gasteiger partial charge in [0, 0.05) is 25.6 Å². The van der Waals surface area contributed by atoms with Gasteiger partial charge >= 0.3 is 0 Å². The normalized spacial score (nSPS) is 14.9. The summed E-state index contributed by atoms with van der Waals surface area (Å²) < 4.78 is 0. The van der Waals surface area contributed by atoms with Gasteiger partial charge in [-0.15, -0.1) is 0 Å². The highest BCUT2D eigenvalue weighted by Gasteiger charge is 2.25. The Morgan fingerprint density at radius 2 is 1.94 bits per heavy atom. The lowest BCUT2D eigenvalue weighted by Gasteiger charge is -2.15. The number of amides is 2. The Morgan fingerprint density at radius 3 is 2.50 bits per heavy atom. The number of likely N-dealkylation sites (N-methyl/N-ethyl adjacent to an activating group) is 1. The molecule has 1 aliphatic carbocycles. The number of nitrogens with zero attached hydrogens (tertiary/aromatic N) is 1. The van der Waals surface area contributed by atoms with Gasteiger partial charge < -0.3 is 15.5 Å². The molecule has 1 saturated carbocycles. The lowest BCUT2D eigenvalue weighted by molar-refractivity contribution is -0.125. The van der Waals surface area contributed by atoms with E-state index in [4.69, 9.17) is 0 Å². The molecule has 0 aliphatic heterocycles. The zero-order chi connectivity index (χ0) is 12.0. The molecule has 0 aromatic rings. The number of hydrogen-bond acceptors (Lipinski definition) is 3. The molecule has 92 valence electrons. The molecule has 1 aliphatic rings. The first kappa shape index (κ1) is 13.0. The van der Waals surface area contributed by atoms with Crippen molar-refractivity contribution < 1.29 is 9.59 Å². The van der Waals surface area contributed by atoms with E-state index in [0.29, 0.717) is 13.0 Å². The molecule has 5 nitrogen and oxygen atoms in total. The molecule has 2 N–H and O–H groups in total. The van der Waals surface area contributed by atoms with Crippen molar-refractivity contribution in [2.45, 2.75) is 32.2 Å². The van der Waals surface area contributed by atoms with Crippen LogP contribution in [0.5, 0.6) is 0 Å². The van der Waals surface area contributed by atoms with E-state index >= 15 is 0 Å². The molecule has 0 heterocycles. The van der Waals surface area contributed by atoms with Crippen LogP contribution >= 0.6 is 0 Å². The van der Waals surface area contributed by atoms with Gasteiger partial charge in [-0.25, -0.2) is 0 Å². The third-order valence-electron chi connectivity index (χ3n) is 2.72. The zero-order valence-electron chi connectivity index (χ0n) is 10.1. The van der Waals surface area contributed by atoms with Crippen LogP contribution < -0.4 is 10.6 Å². The fraction of sp³-hybridized carbons (Fsp3) is 0.818. The molecule has 1 rings (SSSR count). The fourth-order valence-corrected chi connectivity index (χ4v) is 1.44. The van der Waals surface area contributed by atoms with Gasteiger partial charge in [-0.1, -0.05) is 6.92 Å². The Balaban J connectivity index is 1.99. The summed E-state index contributed by atoms with van der Waals surface area (Å²) in [6, 6.07) is 0.719. The van der Waals surface area contributed by atoms with Gasteiger partial charge in [0.1, 0.15) is 0 Å². The molecule has 0 aromatic carbocycles. The summed E-state index contributed by atoms with van der Waals surface area (Å²) >= 11 is 0. The molecule has 0 atom stereocenters. The summed E-state index contributed by atoms with van der Waals surface area (Å²) in [4.78, 5) is 24.4. The van der Waals surface area contributed by atoms with E-state index < -0.39 is 0 Å². The van der Waals surface area contributed by atoms with Crippen LogP contribution in [0.25, 0.3) is 0 Å². The van der Waals surface area contributed by atoms with Gasteiger partial charge in [-0.3, -0.25) is 9.59 Å². The Labute approximate surface area is 96.6 Å². The molecule has 0 unspecified atom stereocenters. The van der Waals surface area contributed by atoms with Crippen LogP contribution in [0.2, 0.25) is 0 Å². The predicted octanol–water partition coefficient (Wildman–Crippen LogP) is -0.277. The average molecular weight is 227 g/mol. The summed E-state index contributed by atoms with van der Waals surface area (Å²) in [5.41, 5.74) is 0. The van der Waals surface area contributed by atoms with Crippen LogP contribution in [0.15, 0.2) is 0 Å². The van der Waals surface area contributed by atoms with Crippen LogP contribution in [0, 0.1) is 0 Å². The minimum atomic E-state index is -0.119. The predicted molar refractivity (Wildman–Crippen MR) is 62.0 cm³/mol. The van der Waals surface area contributed by atoms with Crippen LogP contribution in [-0.2, 0) is 9.59 Å². The van der Waals surface area contributed by atoms with Crippen LogP contribution in [0.4, 0.5) is 0 Å². The lowest BCUT2D eigenvalue weighted by atomic mass is 10.4. The van der Waals surface area contributed by atoms with Gasteiger partial charge in [0.05, 0.1) is 6.54 Å². The van der Waals surface area contributed by atoms with Gasteiger partial charge in [0.15, 0.2) is 0 Å². The first-order valence-electron chi connectivity index (χ1n) is 5.87. The van der Waals surface area contributed by atoms with Crippen molar-refractivity contribution in [1.29, 1.82) is 0 Å². The molecular weight excluding hydrogens is 206 g/mol. The topological polar surface area (TPSA) is 61.4 Å².